The standard InChI is InChI=1S/C25H34N2O2/c1-5-17-26-25(29)20(4)27(18-23-9-7-19(3)8-10-23)24(28)16-15-22-13-11-21(6-2)12-14-22/h7-14,20H,5-6,15-18H2,1-4H3,(H,26,29)/t20-/m0/s1. The highest BCUT2D eigenvalue weighted by Gasteiger charge is 2.25. The number of benzene rings is 2. The Morgan fingerprint density at radius 2 is 1.52 bits per heavy atom. The Morgan fingerprint density at radius 3 is 2.10 bits per heavy atom. The van der Waals surface area contributed by atoms with Crippen molar-refractivity contribution in [1.82, 2.24) is 10.2 Å². The predicted octanol–water partition coefficient (Wildman–Crippen LogP) is 4.43. The third kappa shape index (κ3) is 7.04. The van der Waals surface area contributed by atoms with Crippen LogP contribution in [0.4, 0.5) is 0 Å². The van der Waals surface area contributed by atoms with Gasteiger partial charge in [0.25, 0.3) is 0 Å². The molecule has 0 unspecified atom stereocenters. The van der Waals surface area contributed by atoms with Gasteiger partial charge >= 0.3 is 0 Å². The predicted molar refractivity (Wildman–Crippen MR) is 119 cm³/mol. The maximum absolute atomic E-state index is 13.1. The van der Waals surface area contributed by atoms with Gasteiger partial charge in [-0.3, -0.25) is 9.59 Å². The van der Waals surface area contributed by atoms with Crippen LogP contribution in [0.15, 0.2) is 48.5 Å². The minimum absolute atomic E-state index is 0.00397. The Kier molecular flexibility index (Phi) is 8.91. The molecular weight excluding hydrogens is 360 g/mol. The minimum atomic E-state index is -0.502. The van der Waals surface area contributed by atoms with Gasteiger partial charge < -0.3 is 10.2 Å². The van der Waals surface area contributed by atoms with Crippen LogP contribution in [-0.2, 0) is 29.0 Å². The molecule has 0 fully saturated rings. The molecule has 2 aromatic rings. The lowest BCUT2D eigenvalue weighted by Crippen LogP contribution is -2.47. The number of amides is 2. The molecule has 0 aliphatic carbocycles. The fraction of sp³-hybridized carbons (Fsp3) is 0.440. The van der Waals surface area contributed by atoms with Crippen LogP contribution in [0.1, 0.15) is 55.9 Å². The highest BCUT2D eigenvalue weighted by Crippen LogP contribution is 2.14. The van der Waals surface area contributed by atoms with E-state index in [9.17, 15) is 9.59 Å². The summed E-state index contributed by atoms with van der Waals surface area (Å²) in [5, 5.41) is 2.92. The Hall–Kier alpha value is -2.62. The molecule has 2 aromatic carbocycles. The first-order valence-electron chi connectivity index (χ1n) is 10.6. The summed E-state index contributed by atoms with van der Waals surface area (Å²) in [7, 11) is 0. The van der Waals surface area contributed by atoms with E-state index in [2.05, 4.69) is 36.5 Å². The van der Waals surface area contributed by atoms with Crippen molar-refractivity contribution in [2.75, 3.05) is 6.54 Å². The van der Waals surface area contributed by atoms with Gasteiger partial charge in [0.1, 0.15) is 6.04 Å². The van der Waals surface area contributed by atoms with E-state index in [4.69, 9.17) is 0 Å². The van der Waals surface area contributed by atoms with Crippen molar-refractivity contribution in [2.24, 2.45) is 0 Å². The molecule has 0 spiro atoms. The van der Waals surface area contributed by atoms with Crippen molar-refractivity contribution in [3.63, 3.8) is 0 Å². The van der Waals surface area contributed by atoms with Gasteiger partial charge in [0.2, 0.25) is 11.8 Å². The van der Waals surface area contributed by atoms with Crippen LogP contribution in [0, 0.1) is 6.92 Å². The van der Waals surface area contributed by atoms with Gasteiger partial charge in [-0.2, -0.15) is 0 Å². The molecule has 2 amide bonds. The molecule has 0 saturated carbocycles. The molecule has 4 heteroatoms. The topological polar surface area (TPSA) is 49.4 Å². The summed E-state index contributed by atoms with van der Waals surface area (Å²) in [5.41, 5.74) is 4.65. The van der Waals surface area contributed by atoms with Gasteiger partial charge in [0.05, 0.1) is 0 Å². The fourth-order valence-corrected chi connectivity index (χ4v) is 3.21. The van der Waals surface area contributed by atoms with E-state index < -0.39 is 6.04 Å². The smallest absolute Gasteiger partial charge is 0.242 e. The van der Waals surface area contributed by atoms with E-state index in [-0.39, 0.29) is 11.8 Å². The molecule has 1 N–H and O–H groups in total. The Labute approximate surface area is 175 Å². The first kappa shape index (κ1) is 22.7. The second kappa shape index (κ2) is 11.4. The van der Waals surface area contributed by atoms with Gasteiger partial charge in [0, 0.05) is 19.5 Å². The molecule has 1 atom stereocenters. The van der Waals surface area contributed by atoms with E-state index in [0.29, 0.717) is 25.9 Å². The van der Waals surface area contributed by atoms with E-state index in [1.807, 2.05) is 45.0 Å². The molecule has 0 heterocycles. The van der Waals surface area contributed by atoms with Gasteiger partial charge in [-0.15, -0.1) is 0 Å². The van der Waals surface area contributed by atoms with Crippen LogP contribution in [0.2, 0.25) is 0 Å². The van der Waals surface area contributed by atoms with Crippen molar-refractivity contribution in [1.29, 1.82) is 0 Å². The summed E-state index contributed by atoms with van der Waals surface area (Å²) in [6.45, 7) is 9.06. The van der Waals surface area contributed by atoms with Crippen LogP contribution >= 0.6 is 0 Å². The van der Waals surface area contributed by atoms with Gasteiger partial charge in [-0.25, -0.2) is 0 Å². The van der Waals surface area contributed by atoms with Crippen molar-refractivity contribution in [2.45, 2.75) is 66.0 Å². The maximum Gasteiger partial charge on any atom is 0.242 e. The number of nitrogens with one attached hydrogen (secondary N) is 1. The van der Waals surface area contributed by atoms with Gasteiger partial charge in [0.15, 0.2) is 0 Å². The first-order valence-corrected chi connectivity index (χ1v) is 10.6. The molecule has 4 nitrogen and oxygen atoms in total. The Balaban J connectivity index is 2.09. The summed E-state index contributed by atoms with van der Waals surface area (Å²) < 4.78 is 0. The van der Waals surface area contributed by atoms with Crippen molar-refractivity contribution < 1.29 is 9.59 Å². The third-order valence-electron chi connectivity index (χ3n) is 5.25. The number of carbonyl (C=O) groups is 2. The number of carbonyl (C=O) groups excluding carboxylic acids is 2. The van der Waals surface area contributed by atoms with Crippen molar-refractivity contribution >= 4 is 11.8 Å². The third-order valence-corrected chi connectivity index (χ3v) is 5.25. The minimum Gasteiger partial charge on any atom is -0.354 e. The number of rotatable bonds is 10. The number of aryl methyl sites for hydroxylation is 3. The zero-order valence-corrected chi connectivity index (χ0v) is 18.2. The lowest BCUT2D eigenvalue weighted by molar-refractivity contribution is -0.140. The maximum atomic E-state index is 13.1. The average Bonchev–Trinajstić information content (AvgIpc) is 2.75. The van der Waals surface area contributed by atoms with Crippen LogP contribution in [0.25, 0.3) is 0 Å². The Bertz CT molecular complexity index is 781. The average molecular weight is 395 g/mol. The van der Waals surface area contributed by atoms with Crippen LogP contribution in [0.3, 0.4) is 0 Å². The van der Waals surface area contributed by atoms with Crippen molar-refractivity contribution in [3.8, 4) is 0 Å². The highest BCUT2D eigenvalue weighted by atomic mass is 16.2. The molecule has 0 saturated heterocycles. The molecule has 0 aromatic heterocycles. The van der Waals surface area contributed by atoms with Crippen LogP contribution in [-0.4, -0.2) is 29.3 Å². The van der Waals surface area contributed by atoms with E-state index in [1.165, 1.54) is 11.1 Å². The normalized spacial score (nSPS) is 11.7. The molecule has 0 aliphatic rings. The lowest BCUT2D eigenvalue weighted by atomic mass is 10.0. The SMILES string of the molecule is CCCNC(=O)[C@H](C)N(Cc1ccc(C)cc1)C(=O)CCc1ccc(CC)cc1. The quantitative estimate of drug-likeness (QED) is 0.648. The van der Waals surface area contributed by atoms with E-state index in [1.54, 1.807) is 4.90 Å². The molecule has 0 aliphatic heterocycles. The molecule has 29 heavy (non-hydrogen) atoms. The fourth-order valence-electron chi connectivity index (χ4n) is 3.21. The number of nitrogens with zero attached hydrogens (tertiary/aromatic N) is 1. The highest BCUT2D eigenvalue weighted by molar-refractivity contribution is 5.87. The summed E-state index contributed by atoms with van der Waals surface area (Å²) in [6.07, 6.45) is 2.95. The number of hydrogen-bond donors (Lipinski definition) is 1. The first-order chi connectivity index (χ1) is 13.9. The van der Waals surface area contributed by atoms with E-state index >= 15 is 0 Å². The van der Waals surface area contributed by atoms with Crippen LogP contribution < -0.4 is 5.32 Å². The van der Waals surface area contributed by atoms with Crippen LogP contribution in [0.5, 0.6) is 0 Å². The monoisotopic (exact) mass is 394 g/mol. The lowest BCUT2D eigenvalue weighted by Gasteiger charge is -2.29. The summed E-state index contributed by atoms with van der Waals surface area (Å²) in [5.74, 6) is -0.0936. The number of hydrogen-bond acceptors (Lipinski definition) is 2. The zero-order chi connectivity index (χ0) is 21.2. The molecule has 0 bridgehead atoms. The zero-order valence-electron chi connectivity index (χ0n) is 18.2. The molecule has 2 rings (SSSR count). The molecule has 0 radical (unpaired) electrons. The van der Waals surface area contributed by atoms with Gasteiger partial charge in [-0.05, 0) is 49.8 Å². The summed E-state index contributed by atoms with van der Waals surface area (Å²) in [6, 6.07) is 16.0. The Morgan fingerprint density at radius 1 is 0.931 bits per heavy atom. The second-order valence-corrected chi connectivity index (χ2v) is 7.64. The summed E-state index contributed by atoms with van der Waals surface area (Å²) >= 11 is 0. The van der Waals surface area contributed by atoms with Crippen molar-refractivity contribution in [3.05, 3.63) is 70.8 Å². The van der Waals surface area contributed by atoms with E-state index in [0.717, 1.165) is 24.0 Å². The molecule has 156 valence electrons. The van der Waals surface area contributed by atoms with Gasteiger partial charge in [-0.1, -0.05) is 67.9 Å². The largest absolute Gasteiger partial charge is 0.354 e. The molecular formula is C25H34N2O2. The summed E-state index contributed by atoms with van der Waals surface area (Å²) in [4.78, 5) is 27.3. The second-order valence-electron chi connectivity index (χ2n) is 7.64.